The first kappa shape index (κ1) is 13.2. The minimum Gasteiger partial charge on any atom is -0.310 e. The van der Waals surface area contributed by atoms with Gasteiger partial charge in [-0.25, -0.2) is 0 Å². The molecule has 0 amide bonds. The number of hydrogen-bond acceptors (Lipinski definition) is 3. The third-order valence-corrected chi connectivity index (χ3v) is 5.20. The minimum absolute atomic E-state index is 0.787. The molecule has 1 aromatic heterocycles. The molecule has 0 radical (unpaired) electrons. The van der Waals surface area contributed by atoms with E-state index >= 15 is 0 Å². The summed E-state index contributed by atoms with van der Waals surface area (Å²) in [4.78, 5) is 2.88. The molecule has 2 aromatic rings. The lowest BCUT2D eigenvalue weighted by molar-refractivity contribution is 0.687. The molecule has 1 nitrogen and oxygen atoms in total. The second-order valence-corrected chi connectivity index (χ2v) is 7.18. The quantitative estimate of drug-likeness (QED) is 0.761. The molecule has 0 saturated heterocycles. The first-order chi connectivity index (χ1) is 9.40. The highest BCUT2D eigenvalue weighted by atomic mass is 32.2. The van der Waals surface area contributed by atoms with Crippen LogP contribution in [0.15, 0.2) is 46.7 Å². The van der Waals surface area contributed by atoms with Gasteiger partial charge in [0, 0.05) is 28.1 Å². The van der Waals surface area contributed by atoms with Crippen molar-refractivity contribution in [3.8, 4) is 0 Å². The predicted molar refractivity (Wildman–Crippen MR) is 85.1 cm³/mol. The number of aryl methyl sites for hydroxylation is 1. The molecule has 0 atom stereocenters. The number of rotatable bonds is 7. The van der Waals surface area contributed by atoms with Gasteiger partial charge in [-0.1, -0.05) is 18.2 Å². The summed E-state index contributed by atoms with van der Waals surface area (Å²) in [6, 6.07) is 14.1. The van der Waals surface area contributed by atoms with Gasteiger partial charge >= 0.3 is 0 Å². The molecule has 0 bridgehead atoms. The summed E-state index contributed by atoms with van der Waals surface area (Å²) in [7, 11) is 0. The van der Waals surface area contributed by atoms with E-state index in [0.29, 0.717) is 0 Å². The van der Waals surface area contributed by atoms with Crippen LogP contribution in [0, 0.1) is 0 Å². The van der Waals surface area contributed by atoms with Gasteiger partial charge in [-0.3, -0.25) is 0 Å². The maximum absolute atomic E-state index is 3.57. The average molecular weight is 289 g/mol. The second-order valence-electron chi connectivity index (χ2n) is 4.98. The van der Waals surface area contributed by atoms with Crippen LogP contribution in [0.1, 0.15) is 23.3 Å². The predicted octanol–water partition coefficient (Wildman–Crippen LogP) is 4.33. The van der Waals surface area contributed by atoms with Crippen LogP contribution in [0.2, 0.25) is 0 Å². The van der Waals surface area contributed by atoms with Gasteiger partial charge in [0.15, 0.2) is 0 Å². The average Bonchev–Trinajstić information content (AvgIpc) is 3.13. The molecule has 1 aliphatic carbocycles. The molecule has 3 rings (SSSR count). The SMILES string of the molecule is c1cc(CNC2CC2)cc(SCCc2cccs2)c1. The van der Waals surface area contributed by atoms with Crippen LogP contribution in [0.25, 0.3) is 0 Å². The Labute approximate surface area is 123 Å². The lowest BCUT2D eigenvalue weighted by Gasteiger charge is -2.06. The highest BCUT2D eigenvalue weighted by molar-refractivity contribution is 7.99. The Bertz CT molecular complexity index is 503. The van der Waals surface area contributed by atoms with E-state index in [4.69, 9.17) is 0 Å². The maximum atomic E-state index is 3.57. The Hall–Kier alpha value is -0.770. The number of nitrogens with one attached hydrogen (secondary N) is 1. The molecule has 1 fully saturated rings. The van der Waals surface area contributed by atoms with Crippen molar-refractivity contribution < 1.29 is 0 Å². The van der Waals surface area contributed by atoms with Crippen molar-refractivity contribution in [1.82, 2.24) is 5.32 Å². The zero-order valence-corrected chi connectivity index (χ0v) is 12.6. The van der Waals surface area contributed by atoms with Gasteiger partial charge in [-0.15, -0.1) is 23.1 Å². The molecule has 1 aliphatic rings. The van der Waals surface area contributed by atoms with Gasteiger partial charge in [-0.05, 0) is 48.4 Å². The van der Waals surface area contributed by atoms with Crippen molar-refractivity contribution in [2.45, 2.75) is 36.7 Å². The summed E-state index contributed by atoms with van der Waals surface area (Å²) >= 11 is 3.82. The molecule has 1 saturated carbocycles. The Balaban J connectivity index is 1.47. The molecule has 1 N–H and O–H groups in total. The van der Waals surface area contributed by atoms with Crippen molar-refractivity contribution in [3.63, 3.8) is 0 Å². The van der Waals surface area contributed by atoms with E-state index in [2.05, 4.69) is 47.1 Å². The molecule has 0 unspecified atom stereocenters. The normalized spacial score (nSPS) is 14.7. The van der Waals surface area contributed by atoms with E-state index in [1.165, 1.54) is 40.4 Å². The summed E-state index contributed by atoms with van der Waals surface area (Å²) in [5.41, 5.74) is 1.41. The van der Waals surface area contributed by atoms with Crippen molar-refractivity contribution in [2.24, 2.45) is 0 Å². The maximum Gasteiger partial charge on any atom is 0.0208 e. The van der Waals surface area contributed by atoms with E-state index in [9.17, 15) is 0 Å². The summed E-state index contributed by atoms with van der Waals surface area (Å²) in [6.07, 6.45) is 3.89. The molecule has 1 heterocycles. The van der Waals surface area contributed by atoms with Crippen LogP contribution in [-0.2, 0) is 13.0 Å². The third-order valence-electron chi connectivity index (χ3n) is 3.27. The van der Waals surface area contributed by atoms with Crippen LogP contribution in [0.5, 0.6) is 0 Å². The van der Waals surface area contributed by atoms with Gasteiger partial charge in [0.05, 0.1) is 0 Å². The molecule has 0 spiro atoms. The van der Waals surface area contributed by atoms with E-state index in [1.54, 1.807) is 0 Å². The topological polar surface area (TPSA) is 12.0 Å². The molecule has 100 valence electrons. The fourth-order valence-electron chi connectivity index (χ4n) is 2.02. The largest absolute Gasteiger partial charge is 0.310 e. The molecule has 1 aromatic carbocycles. The Morgan fingerprint density at radius 2 is 2.16 bits per heavy atom. The monoisotopic (exact) mass is 289 g/mol. The second kappa shape index (κ2) is 6.60. The number of benzene rings is 1. The van der Waals surface area contributed by atoms with E-state index in [1.807, 2.05) is 23.1 Å². The fourth-order valence-corrected chi connectivity index (χ4v) is 3.82. The van der Waals surface area contributed by atoms with Crippen molar-refractivity contribution in [1.29, 1.82) is 0 Å². The minimum atomic E-state index is 0.787. The zero-order valence-electron chi connectivity index (χ0n) is 11.0. The van der Waals surface area contributed by atoms with Crippen LogP contribution < -0.4 is 5.32 Å². The smallest absolute Gasteiger partial charge is 0.0208 e. The first-order valence-corrected chi connectivity index (χ1v) is 8.74. The number of hydrogen-bond donors (Lipinski definition) is 1. The van der Waals surface area contributed by atoms with Gasteiger partial charge < -0.3 is 5.32 Å². The van der Waals surface area contributed by atoms with E-state index in [0.717, 1.165) is 12.6 Å². The molecular weight excluding hydrogens is 270 g/mol. The van der Waals surface area contributed by atoms with Crippen LogP contribution in [-0.4, -0.2) is 11.8 Å². The van der Waals surface area contributed by atoms with Gasteiger partial charge in [0.25, 0.3) is 0 Å². The lowest BCUT2D eigenvalue weighted by Crippen LogP contribution is -2.15. The Morgan fingerprint density at radius 1 is 1.21 bits per heavy atom. The highest BCUT2D eigenvalue weighted by Gasteiger charge is 2.19. The van der Waals surface area contributed by atoms with Crippen molar-refractivity contribution >= 4 is 23.1 Å². The van der Waals surface area contributed by atoms with E-state index < -0.39 is 0 Å². The molecule has 19 heavy (non-hydrogen) atoms. The van der Waals surface area contributed by atoms with E-state index in [-0.39, 0.29) is 0 Å². The molecule has 0 aliphatic heterocycles. The van der Waals surface area contributed by atoms with Gasteiger partial charge in [0.2, 0.25) is 0 Å². The van der Waals surface area contributed by atoms with Gasteiger partial charge in [0.1, 0.15) is 0 Å². The summed E-state index contributed by atoms with van der Waals surface area (Å²) in [5.74, 6) is 1.17. The Morgan fingerprint density at radius 3 is 2.95 bits per heavy atom. The highest BCUT2D eigenvalue weighted by Crippen LogP contribution is 2.23. The standard InChI is InChI=1S/C16H19NS2/c1-3-13(12-17-14-6-7-14)11-16(4-1)19-10-8-15-5-2-9-18-15/h1-5,9,11,14,17H,6-8,10,12H2. The van der Waals surface area contributed by atoms with Gasteiger partial charge in [-0.2, -0.15) is 0 Å². The fraction of sp³-hybridized carbons (Fsp3) is 0.375. The third kappa shape index (κ3) is 4.37. The van der Waals surface area contributed by atoms with Crippen LogP contribution in [0.3, 0.4) is 0 Å². The van der Waals surface area contributed by atoms with Crippen LogP contribution in [0.4, 0.5) is 0 Å². The van der Waals surface area contributed by atoms with Crippen molar-refractivity contribution in [3.05, 3.63) is 52.2 Å². The number of thioether (sulfide) groups is 1. The Kier molecular flexibility index (Phi) is 4.59. The summed E-state index contributed by atoms with van der Waals surface area (Å²) in [5, 5.41) is 5.73. The molecule has 3 heteroatoms. The first-order valence-electron chi connectivity index (χ1n) is 6.88. The summed E-state index contributed by atoms with van der Waals surface area (Å²) < 4.78 is 0. The number of thiophene rings is 1. The lowest BCUT2D eigenvalue weighted by atomic mass is 10.2. The van der Waals surface area contributed by atoms with Crippen molar-refractivity contribution in [2.75, 3.05) is 5.75 Å². The summed E-state index contributed by atoms with van der Waals surface area (Å²) in [6.45, 7) is 1.02. The molecular formula is C16H19NS2. The van der Waals surface area contributed by atoms with Crippen LogP contribution >= 0.6 is 23.1 Å². The zero-order chi connectivity index (χ0) is 12.9.